The van der Waals surface area contributed by atoms with Crippen LogP contribution in [0.15, 0.2) is 83.9 Å². The van der Waals surface area contributed by atoms with Crippen molar-refractivity contribution in [1.29, 1.82) is 0 Å². The number of nitrogens with one attached hydrogen (secondary N) is 3. The second-order valence-electron chi connectivity index (χ2n) is 20.8. The Bertz CT molecular complexity index is 2340. The maximum absolute atomic E-state index is 13.5. The van der Waals surface area contributed by atoms with Crippen molar-refractivity contribution in [3.05, 3.63) is 101 Å². The SMILES string of the molecule is CCCCCOC(=O)c1ccc(Nc2nc(Nc3ccc(C=C(C(=O)OC(C)CC(C)C)C(=O)OC(C)CC(C)C)cc3)nc(Nc3ccc(C=C(C(=O)OC(C)CC(C)C)C(=O)OC(C)CC(C)C)cc3)n2)cc1. The van der Waals surface area contributed by atoms with E-state index < -0.39 is 54.3 Å². The van der Waals surface area contributed by atoms with Gasteiger partial charge in [0.25, 0.3) is 0 Å². The van der Waals surface area contributed by atoms with Crippen LogP contribution in [-0.4, -0.2) is 75.8 Å². The van der Waals surface area contributed by atoms with E-state index in [2.05, 4.69) is 37.8 Å². The lowest BCUT2D eigenvalue weighted by atomic mass is 10.1. The average molecular weight is 1030 g/mol. The highest BCUT2D eigenvalue weighted by molar-refractivity contribution is 6.18. The lowest BCUT2D eigenvalue weighted by Gasteiger charge is -2.18. The van der Waals surface area contributed by atoms with Gasteiger partial charge in [0.05, 0.1) is 36.6 Å². The van der Waals surface area contributed by atoms with Gasteiger partial charge in [-0.15, -0.1) is 0 Å². The highest BCUT2D eigenvalue weighted by atomic mass is 16.6. The summed E-state index contributed by atoms with van der Waals surface area (Å²) in [7, 11) is 0. The molecule has 3 N–H and O–H groups in total. The Morgan fingerprint density at radius 2 is 0.733 bits per heavy atom. The van der Waals surface area contributed by atoms with E-state index >= 15 is 0 Å². The van der Waals surface area contributed by atoms with Gasteiger partial charge in [0.1, 0.15) is 11.1 Å². The summed E-state index contributed by atoms with van der Waals surface area (Å²) in [5, 5.41) is 9.64. The van der Waals surface area contributed by atoms with Crippen molar-refractivity contribution in [3.63, 3.8) is 0 Å². The third-order valence-electron chi connectivity index (χ3n) is 11.3. The fourth-order valence-electron chi connectivity index (χ4n) is 8.11. The number of hydrogen-bond donors (Lipinski definition) is 3. The number of nitrogens with zero attached hydrogens (tertiary/aromatic N) is 3. The number of carbonyl (C=O) groups excluding carboxylic acids is 5. The van der Waals surface area contributed by atoms with E-state index in [4.69, 9.17) is 23.7 Å². The molecule has 0 bridgehead atoms. The van der Waals surface area contributed by atoms with Crippen LogP contribution in [0, 0.1) is 23.7 Å². The summed E-state index contributed by atoms with van der Waals surface area (Å²) in [6.07, 6.45) is 6.60. The number of carbonyl (C=O) groups is 5. The third kappa shape index (κ3) is 22.1. The molecule has 0 aliphatic heterocycles. The molecule has 0 amide bonds. The summed E-state index contributed by atoms with van der Waals surface area (Å²) >= 11 is 0. The van der Waals surface area contributed by atoms with Crippen molar-refractivity contribution >= 4 is 76.9 Å². The molecule has 0 radical (unpaired) electrons. The van der Waals surface area contributed by atoms with Gasteiger partial charge in [0, 0.05) is 17.1 Å². The van der Waals surface area contributed by atoms with Gasteiger partial charge in [-0.2, -0.15) is 15.0 Å². The molecule has 1 heterocycles. The minimum Gasteiger partial charge on any atom is -0.462 e. The van der Waals surface area contributed by atoms with Crippen LogP contribution in [0.4, 0.5) is 34.9 Å². The Balaban J connectivity index is 1.66. The van der Waals surface area contributed by atoms with Gasteiger partial charge in [-0.1, -0.05) is 99.4 Å². The quantitative estimate of drug-likeness (QED) is 0.0115. The van der Waals surface area contributed by atoms with E-state index in [0.29, 0.717) is 66.0 Å². The molecule has 0 spiro atoms. The summed E-state index contributed by atoms with van der Waals surface area (Å²) < 4.78 is 28.2. The van der Waals surface area contributed by atoms with Gasteiger partial charge < -0.3 is 39.6 Å². The second kappa shape index (κ2) is 30.3. The molecule has 0 aliphatic rings. The average Bonchev–Trinajstić information content (AvgIpc) is 3.31. The molecule has 75 heavy (non-hydrogen) atoms. The van der Waals surface area contributed by atoms with Crippen molar-refractivity contribution in [3.8, 4) is 0 Å². The zero-order valence-electron chi connectivity index (χ0n) is 46.3. The maximum Gasteiger partial charge on any atom is 0.345 e. The van der Waals surface area contributed by atoms with E-state index in [1.54, 1.807) is 100 Å². The van der Waals surface area contributed by atoms with E-state index in [-0.39, 0.29) is 52.7 Å². The topological polar surface area (TPSA) is 206 Å². The maximum atomic E-state index is 13.5. The molecule has 0 saturated carbocycles. The molecular formula is C59H80N6O10. The predicted molar refractivity (Wildman–Crippen MR) is 295 cm³/mol. The monoisotopic (exact) mass is 1030 g/mol. The molecule has 4 atom stereocenters. The number of esters is 5. The number of aromatic nitrogens is 3. The normalized spacial score (nSPS) is 12.8. The summed E-state index contributed by atoms with van der Waals surface area (Å²) in [5.41, 5.74) is 2.80. The smallest absolute Gasteiger partial charge is 0.345 e. The van der Waals surface area contributed by atoms with Gasteiger partial charge in [-0.25, -0.2) is 24.0 Å². The van der Waals surface area contributed by atoms with Crippen LogP contribution in [0.5, 0.6) is 0 Å². The van der Waals surface area contributed by atoms with Crippen LogP contribution in [0.3, 0.4) is 0 Å². The summed E-state index contributed by atoms with van der Waals surface area (Å²) in [5.74, 6) is -1.87. The fourth-order valence-corrected chi connectivity index (χ4v) is 8.11. The number of hydrogen-bond acceptors (Lipinski definition) is 16. The summed E-state index contributed by atoms with van der Waals surface area (Å²) in [6, 6.07) is 20.6. The Labute approximate surface area is 444 Å². The molecule has 4 rings (SSSR count). The number of benzene rings is 3. The van der Waals surface area contributed by atoms with Crippen LogP contribution in [0.1, 0.15) is 156 Å². The van der Waals surface area contributed by atoms with Crippen molar-refractivity contribution in [2.24, 2.45) is 23.7 Å². The standard InChI is InChI=1S/C59H80N6O10/c1-14-15-16-29-71-52(66)46-21-27-49(28-22-46)62-59-64-57(60-47-23-17-44(18-24-47)34-50(53(67)72-40(10)30-36(2)3)54(68)73-41(11)31-37(4)5)63-58(65-59)61-48-25-19-45(20-26-48)35-51(55(69)74-42(12)32-38(6)7)56(70)75-43(13)33-39(8)9/h17-28,34-43H,14-16,29-33H2,1-13H3,(H3,60,61,62,63,64,65). The van der Waals surface area contributed by atoms with Gasteiger partial charge in [0.2, 0.25) is 17.8 Å². The van der Waals surface area contributed by atoms with Crippen molar-refractivity contribution < 1.29 is 47.7 Å². The molecule has 406 valence electrons. The van der Waals surface area contributed by atoms with Crippen LogP contribution >= 0.6 is 0 Å². The molecule has 3 aromatic carbocycles. The van der Waals surface area contributed by atoms with E-state index in [0.717, 1.165) is 19.3 Å². The Morgan fingerprint density at radius 3 is 1.01 bits per heavy atom. The first kappa shape index (κ1) is 60.5. The first-order valence-corrected chi connectivity index (χ1v) is 26.4. The predicted octanol–water partition coefficient (Wildman–Crippen LogP) is 13.1. The largest absolute Gasteiger partial charge is 0.462 e. The highest BCUT2D eigenvalue weighted by Crippen LogP contribution is 2.25. The zero-order chi connectivity index (χ0) is 55.2. The number of ether oxygens (including phenoxy) is 5. The van der Waals surface area contributed by atoms with E-state index in [9.17, 15) is 24.0 Å². The molecule has 1 aromatic heterocycles. The molecule has 0 saturated heterocycles. The number of rotatable bonds is 29. The van der Waals surface area contributed by atoms with Crippen LogP contribution in [0.25, 0.3) is 12.2 Å². The molecular weight excluding hydrogens is 953 g/mol. The lowest BCUT2D eigenvalue weighted by molar-refractivity contribution is -0.154. The van der Waals surface area contributed by atoms with Gasteiger partial charge >= 0.3 is 29.8 Å². The van der Waals surface area contributed by atoms with Crippen molar-refractivity contribution in [1.82, 2.24) is 15.0 Å². The Kier molecular flexibility index (Phi) is 24.4. The van der Waals surface area contributed by atoms with Gasteiger partial charge in [-0.05, 0) is 155 Å². The Morgan fingerprint density at radius 1 is 0.440 bits per heavy atom. The first-order chi connectivity index (χ1) is 35.6. The van der Waals surface area contributed by atoms with Crippen LogP contribution in [0.2, 0.25) is 0 Å². The Hall–Kier alpha value is -7.10. The van der Waals surface area contributed by atoms with Gasteiger partial charge in [-0.3, -0.25) is 0 Å². The number of anilines is 6. The zero-order valence-corrected chi connectivity index (χ0v) is 46.3. The molecule has 0 aliphatic carbocycles. The minimum atomic E-state index is -0.760. The summed E-state index contributed by atoms with van der Waals surface area (Å²) in [4.78, 5) is 80.4. The van der Waals surface area contributed by atoms with Gasteiger partial charge in [0.15, 0.2) is 0 Å². The second-order valence-corrected chi connectivity index (χ2v) is 20.8. The van der Waals surface area contributed by atoms with Crippen molar-refractivity contribution in [2.75, 3.05) is 22.6 Å². The van der Waals surface area contributed by atoms with Crippen LogP contribution in [-0.2, 0) is 42.9 Å². The molecule has 0 fully saturated rings. The number of unbranched alkanes of at least 4 members (excludes halogenated alkanes) is 2. The summed E-state index contributed by atoms with van der Waals surface area (Å²) in [6.45, 7) is 25.9. The molecule has 16 nitrogen and oxygen atoms in total. The molecule has 4 aromatic rings. The lowest BCUT2D eigenvalue weighted by Crippen LogP contribution is -2.26. The van der Waals surface area contributed by atoms with Crippen molar-refractivity contribution in [2.45, 2.75) is 159 Å². The molecule has 4 unspecified atom stereocenters. The fraction of sp³-hybridized carbons (Fsp3) is 0.492. The molecule has 16 heteroatoms. The highest BCUT2D eigenvalue weighted by Gasteiger charge is 2.27. The van der Waals surface area contributed by atoms with E-state index in [1.807, 2.05) is 55.4 Å². The third-order valence-corrected chi connectivity index (χ3v) is 11.3. The van der Waals surface area contributed by atoms with Crippen LogP contribution < -0.4 is 16.0 Å². The van der Waals surface area contributed by atoms with E-state index in [1.165, 1.54) is 12.2 Å². The minimum absolute atomic E-state index is 0.149. The first-order valence-electron chi connectivity index (χ1n) is 26.4.